The number of carbonyl (C=O) groups is 2. The van der Waals surface area contributed by atoms with E-state index in [-0.39, 0.29) is 6.61 Å². The van der Waals surface area contributed by atoms with Gasteiger partial charge in [-0.05, 0) is 59.3 Å². The van der Waals surface area contributed by atoms with Crippen LogP contribution in [0.25, 0.3) is 10.8 Å². The molecule has 0 radical (unpaired) electrons. The highest BCUT2D eigenvalue weighted by Crippen LogP contribution is 2.22. The zero-order valence-electron chi connectivity index (χ0n) is 18.3. The minimum atomic E-state index is -1.18. The number of carbonyl (C=O) groups excluding carboxylic acids is 2. The lowest BCUT2D eigenvalue weighted by Crippen LogP contribution is -2.21. The number of rotatable bonds is 8. The summed E-state index contributed by atoms with van der Waals surface area (Å²) in [6.45, 7) is 6.97. The molecule has 0 saturated carbocycles. The van der Waals surface area contributed by atoms with Crippen LogP contribution in [0.1, 0.15) is 35.3 Å². The van der Waals surface area contributed by atoms with Crippen molar-refractivity contribution in [3.05, 3.63) is 76.9 Å². The lowest BCUT2D eigenvalue weighted by molar-refractivity contribution is 0.0705. The third-order valence-corrected chi connectivity index (χ3v) is 5.27. The Kier molecular flexibility index (Phi) is 7.92. The topological polar surface area (TPSA) is 90.9 Å². The predicted octanol–water partition coefficient (Wildman–Crippen LogP) is 4.83. The van der Waals surface area contributed by atoms with E-state index in [0.717, 1.165) is 30.4 Å². The number of hydroxylamine groups is 1. The molecule has 2 amide bonds. The molecular formula is C24H25F2N3O4. The Hall–Kier alpha value is -3.56. The van der Waals surface area contributed by atoms with Crippen LogP contribution in [-0.4, -0.2) is 35.2 Å². The molecule has 0 fully saturated rings. The fourth-order valence-corrected chi connectivity index (χ4v) is 3.41. The average molecular weight is 457 g/mol. The minimum absolute atomic E-state index is 0.1000. The number of halogens is 2. The molecule has 9 heteroatoms. The standard InChI is InChI=1S/C24H25F2N3O4/c1-3-29(4-2)13-15-5-7-18-10-16(6-8-17(18)9-15)14-33-24(31)27-22-20(25)11-19(12-21(22)26)23(30)28-32/h5-12,32H,3-4,13-14H2,1-2H3,(H,27,31)(H,28,30). The summed E-state index contributed by atoms with van der Waals surface area (Å²) in [7, 11) is 0. The highest BCUT2D eigenvalue weighted by molar-refractivity contribution is 5.94. The molecule has 7 nitrogen and oxygen atoms in total. The van der Waals surface area contributed by atoms with Crippen LogP contribution in [0.5, 0.6) is 0 Å². The maximum Gasteiger partial charge on any atom is 0.412 e. The van der Waals surface area contributed by atoms with E-state index in [1.165, 1.54) is 11.0 Å². The van der Waals surface area contributed by atoms with Crippen LogP contribution < -0.4 is 10.8 Å². The molecule has 0 aromatic heterocycles. The molecule has 0 spiro atoms. The number of nitrogens with one attached hydrogen (secondary N) is 2. The lowest BCUT2D eigenvalue weighted by Gasteiger charge is -2.18. The van der Waals surface area contributed by atoms with Crippen LogP contribution >= 0.6 is 0 Å². The van der Waals surface area contributed by atoms with E-state index >= 15 is 0 Å². The van der Waals surface area contributed by atoms with Crippen molar-refractivity contribution in [2.24, 2.45) is 0 Å². The molecule has 3 rings (SSSR count). The fourth-order valence-electron chi connectivity index (χ4n) is 3.41. The van der Waals surface area contributed by atoms with Crippen molar-refractivity contribution in [2.45, 2.75) is 27.0 Å². The molecule has 0 heterocycles. The summed E-state index contributed by atoms with van der Waals surface area (Å²) in [5.74, 6) is -3.45. The van der Waals surface area contributed by atoms with Gasteiger partial charge in [-0.2, -0.15) is 0 Å². The first-order valence-corrected chi connectivity index (χ1v) is 10.5. The number of hydrogen-bond acceptors (Lipinski definition) is 5. The summed E-state index contributed by atoms with van der Waals surface area (Å²) in [5.41, 5.74) is 2.00. The van der Waals surface area contributed by atoms with Crippen LogP contribution in [0, 0.1) is 11.6 Å². The lowest BCUT2D eigenvalue weighted by atomic mass is 10.0. The van der Waals surface area contributed by atoms with E-state index < -0.39 is 34.9 Å². The molecule has 174 valence electrons. The fraction of sp³-hybridized carbons (Fsp3) is 0.250. The van der Waals surface area contributed by atoms with Gasteiger partial charge in [0.25, 0.3) is 5.91 Å². The first-order valence-electron chi connectivity index (χ1n) is 10.5. The van der Waals surface area contributed by atoms with Crippen LogP contribution in [0.4, 0.5) is 19.3 Å². The van der Waals surface area contributed by atoms with Gasteiger partial charge in [-0.3, -0.25) is 20.2 Å². The Balaban J connectivity index is 1.64. The summed E-state index contributed by atoms with van der Waals surface area (Å²) < 4.78 is 33.3. The first kappa shape index (κ1) is 24.1. The van der Waals surface area contributed by atoms with Crippen molar-refractivity contribution in [1.82, 2.24) is 10.4 Å². The average Bonchev–Trinajstić information content (AvgIpc) is 2.82. The van der Waals surface area contributed by atoms with Crippen LogP contribution in [-0.2, 0) is 17.9 Å². The molecule has 0 aliphatic rings. The number of fused-ring (bicyclic) bond motifs is 1. The Morgan fingerprint density at radius 3 is 2.09 bits per heavy atom. The van der Waals surface area contributed by atoms with Gasteiger partial charge >= 0.3 is 6.09 Å². The van der Waals surface area contributed by atoms with Crippen molar-refractivity contribution in [2.75, 3.05) is 18.4 Å². The zero-order valence-corrected chi connectivity index (χ0v) is 18.3. The van der Waals surface area contributed by atoms with Gasteiger partial charge in [-0.25, -0.2) is 19.1 Å². The van der Waals surface area contributed by atoms with Crippen molar-refractivity contribution >= 4 is 28.5 Å². The molecule has 33 heavy (non-hydrogen) atoms. The third-order valence-electron chi connectivity index (χ3n) is 5.27. The number of nitrogens with zero attached hydrogens (tertiary/aromatic N) is 1. The second-order valence-electron chi connectivity index (χ2n) is 7.43. The second kappa shape index (κ2) is 10.8. The van der Waals surface area contributed by atoms with Crippen LogP contribution in [0.15, 0.2) is 48.5 Å². The van der Waals surface area contributed by atoms with Gasteiger partial charge in [0.1, 0.15) is 12.3 Å². The summed E-state index contributed by atoms with van der Waals surface area (Å²) in [6, 6.07) is 13.2. The van der Waals surface area contributed by atoms with Gasteiger partial charge < -0.3 is 4.74 Å². The van der Waals surface area contributed by atoms with Gasteiger partial charge in [-0.1, -0.05) is 38.1 Å². The first-order chi connectivity index (χ1) is 15.8. The number of benzene rings is 3. The largest absolute Gasteiger partial charge is 0.444 e. The van der Waals surface area contributed by atoms with Gasteiger partial charge in [0, 0.05) is 12.1 Å². The maximum absolute atomic E-state index is 14.1. The normalized spacial score (nSPS) is 11.0. The summed E-state index contributed by atoms with van der Waals surface area (Å²) in [6.07, 6.45) is -1.05. The van der Waals surface area contributed by atoms with Crippen molar-refractivity contribution in [3.63, 3.8) is 0 Å². The van der Waals surface area contributed by atoms with Crippen molar-refractivity contribution < 1.29 is 28.3 Å². The maximum atomic E-state index is 14.1. The molecule has 0 aliphatic carbocycles. The summed E-state index contributed by atoms with van der Waals surface area (Å²) in [5, 5.41) is 12.6. The summed E-state index contributed by atoms with van der Waals surface area (Å²) >= 11 is 0. The summed E-state index contributed by atoms with van der Waals surface area (Å²) in [4.78, 5) is 25.7. The molecule has 0 saturated heterocycles. The number of amides is 2. The monoisotopic (exact) mass is 457 g/mol. The smallest absolute Gasteiger partial charge is 0.412 e. The third kappa shape index (κ3) is 6.03. The Bertz CT molecular complexity index is 1140. The van der Waals surface area contributed by atoms with Gasteiger partial charge in [-0.15, -0.1) is 0 Å². The quantitative estimate of drug-likeness (QED) is 0.333. The highest BCUT2D eigenvalue weighted by Gasteiger charge is 2.17. The van der Waals surface area contributed by atoms with E-state index in [1.54, 1.807) is 0 Å². The molecule has 3 aromatic rings. The molecule has 0 unspecified atom stereocenters. The molecule has 0 aliphatic heterocycles. The van der Waals surface area contributed by atoms with Gasteiger partial charge in [0.2, 0.25) is 0 Å². The van der Waals surface area contributed by atoms with E-state index in [4.69, 9.17) is 9.94 Å². The van der Waals surface area contributed by atoms with Gasteiger partial charge in [0.05, 0.1) is 0 Å². The number of hydrogen-bond donors (Lipinski definition) is 3. The van der Waals surface area contributed by atoms with E-state index in [0.29, 0.717) is 17.7 Å². The van der Waals surface area contributed by atoms with Crippen LogP contribution in [0.2, 0.25) is 0 Å². The predicted molar refractivity (Wildman–Crippen MR) is 120 cm³/mol. The highest BCUT2D eigenvalue weighted by atomic mass is 19.1. The Labute approximate surface area is 189 Å². The Morgan fingerprint density at radius 2 is 1.52 bits per heavy atom. The van der Waals surface area contributed by atoms with Crippen molar-refractivity contribution in [3.8, 4) is 0 Å². The molecule has 0 atom stereocenters. The van der Waals surface area contributed by atoms with E-state index in [9.17, 15) is 18.4 Å². The molecule has 3 N–H and O–H groups in total. The molecular weight excluding hydrogens is 432 g/mol. The number of anilines is 1. The second-order valence-corrected chi connectivity index (χ2v) is 7.43. The Morgan fingerprint density at radius 1 is 0.939 bits per heavy atom. The van der Waals surface area contributed by atoms with Crippen molar-refractivity contribution in [1.29, 1.82) is 0 Å². The zero-order chi connectivity index (χ0) is 24.0. The number of ether oxygens (including phenoxy) is 1. The molecule has 3 aromatic carbocycles. The van der Waals surface area contributed by atoms with Crippen LogP contribution in [0.3, 0.4) is 0 Å². The SMILES string of the molecule is CCN(CC)Cc1ccc2cc(COC(=O)Nc3c(F)cc(C(=O)NO)cc3F)ccc2c1. The van der Waals surface area contributed by atoms with E-state index in [1.807, 2.05) is 29.6 Å². The molecule has 0 bridgehead atoms. The van der Waals surface area contributed by atoms with Gasteiger partial charge in [0.15, 0.2) is 11.6 Å². The minimum Gasteiger partial charge on any atom is -0.444 e. The van der Waals surface area contributed by atoms with E-state index in [2.05, 4.69) is 30.9 Å².